The third kappa shape index (κ3) is 10.7. The summed E-state index contributed by atoms with van der Waals surface area (Å²) in [5.74, 6) is 3.17. The van der Waals surface area contributed by atoms with E-state index in [4.69, 9.17) is 26.1 Å². The Labute approximate surface area is 434 Å². The number of nitriles is 1. The lowest BCUT2D eigenvalue weighted by atomic mass is 9.49. The number of hydrogen-bond donors (Lipinski definition) is 3. The average molecular weight is 1020 g/mol. The Balaban J connectivity index is 0.686. The number of halogens is 1. The van der Waals surface area contributed by atoms with Gasteiger partial charge >= 0.3 is 0 Å². The molecule has 2 aromatic carbocycles. The van der Waals surface area contributed by atoms with E-state index in [1.165, 1.54) is 0 Å². The number of nitrogens with zero attached hydrogens (tertiary/aromatic N) is 10. The Bertz CT molecular complexity index is 2680. The molecule has 19 heteroatoms. The SMILES string of the molecule is CCC1C(=O)N(C)c2cnc(Nc3ccc(C(=O)NCCN4CCN(CC5CCN(c6ncc(C(=O)NC7C(C)(C)C(Oc8ccc(C#N)c(Cl)c8)C7(C)C)cn6)CC5)CC4)cc3OC)nc2N1C1CCCC1. The molecule has 0 spiro atoms. The lowest BCUT2D eigenvalue weighted by Crippen LogP contribution is -2.74. The van der Waals surface area contributed by atoms with Crippen molar-refractivity contribution < 1.29 is 23.9 Å². The van der Waals surface area contributed by atoms with Crippen LogP contribution in [0.15, 0.2) is 55.0 Å². The van der Waals surface area contributed by atoms with Crippen LogP contribution in [0.1, 0.15) is 106 Å². The largest absolute Gasteiger partial charge is 0.495 e. The van der Waals surface area contributed by atoms with Gasteiger partial charge in [0.1, 0.15) is 35.4 Å². The number of carbonyl (C=O) groups excluding carboxylic acids is 3. The molecule has 5 heterocycles. The fourth-order valence-electron chi connectivity index (χ4n) is 12.2. The number of likely N-dealkylation sites (N-methyl/N-ethyl adjacent to an activating group) is 1. The molecule has 3 N–H and O–H groups in total. The quantitative estimate of drug-likeness (QED) is 0.104. The summed E-state index contributed by atoms with van der Waals surface area (Å²) in [5, 5.41) is 19.2. The highest BCUT2D eigenvalue weighted by atomic mass is 35.5. The molecule has 1 unspecified atom stereocenters. The summed E-state index contributed by atoms with van der Waals surface area (Å²) in [6, 6.07) is 12.3. The molecule has 2 aliphatic carbocycles. The molecule has 18 nitrogen and oxygen atoms in total. The maximum Gasteiger partial charge on any atom is 0.254 e. The predicted octanol–water partition coefficient (Wildman–Crippen LogP) is 6.92. The van der Waals surface area contributed by atoms with Gasteiger partial charge in [-0.05, 0) is 68.4 Å². The third-order valence-electron chi connectivity index (χ3n) is 16.0. The van der Waals surface area contributed by atoms with E-state index < -0.39 is 0 Å². The number of rotatable bonds is 16. The van der Waals surface area contributed by atoms with E-state index >= 15 is 0 Å². The number of piperidine rings is 1. The van der Waals surface area contributed by atoms with Gasteiger partial charge in [0.15, 0.2) is 5.82 Å². The van der Waals surface area contributed by atoms with Crippen LogP contribution >= 0.6 is 11.6 Å². The topological polar surface area (TPSA) is 197 Å². The van der Waals surface area contributed by atoms with Crippen molar-refractivity contribution in [3.8, 4) is 17.6 Å². The fourth-order valence-corrected chi connectivity index (χ4v) is 12.4. The number of amides is 3. The van der Waals surface area contributed by atoms with Crippen LogP contribution in [0.2, 0.25) is 5.02 Å². The Kier molecular flexibility index (Phi) is 15.3. The number of carbonyl (C=O) groups is 3. The summed E-state index contributed by atoms with van der Waals surface area (Å²) in [6.07, 6.45) is 11.9. The van der Waals surface area contributed by atoms with Gasteiger partial charge in [0, 0.05) is 113 Å². The molecule has 4 fully saturated rings. The first-order valence-corrected chi connectivity index (χ1v) is 26.3. The van der Waals surface area contributed by atoms with Crippen LogP contribution in [0.4, 0.5) is 29.1 Å². The minimum atomic E-state index is -0.384. The zero-order valence-corrected chi connectivity index (χ0v) is 44.0. The number of benzene rings is 2. The molecule has 9 rings (SSSR count). The lowest BCUT2D eigenvalue weighted by molar-refractivity contribution is -0.164. The van der Waals surface area contributed by atoms with E-state index in [1.807, 2.05) is 6.07 Å². The molecule has 388 valence electrons. The van der Waals surface area contributed by atoms with Crippen molar-refractivity contribution in [2.75, 3.05) is 93.1 Å². The third-order valence-corrected chi connectivity index (χ3v) is 16.4. The van der Waals surface area contributed by atoms with Gasteiger partial charge in [0.05, 0.1) is 35.1 Å². The molecule has 1 atom stereocenters. The van der Waals surface area contributed by atoms with E-state index in [9.17, 15) is 19.6 Å². The number of aromatic nitrogens is 4. The maximum atomic E-state index is 13.5. The van der Waals surface area contributed by atoms with E-state index in [-0.39, 0.29) is 52.8 Å². The Morgan fingerprint density at radius 1 is 0.877 bits per heavy atom. The normalized spacial score (nSPS) is 22.3. The molecule has 3 amide bonds. The number of hydrogen-bond acceptors (Lipinski definition) is 15. The van der Waals surface area contributed by atoms with E-state index in [0.29, 0.717) is 75.4 Å². The molecule has 4 aromatic rings. The minimum Gasteiger partial charge on any atom is -0.495 e. The second-order valence-electron chi connectivity index (χ2n) is 21.5. The summed E-state index contributed by atoms with van der Waals surface area (Å²) in [7, 11) is 3.37. The first-order chi connectivity index (χ1) is 35.1. The molecular formula is C54H70ClN13O5. The highest BCUT2D eigenvalue weighted by Gasteiger charge is 2.64. The second kappa shape index (κ2) is 21.7. The zero-order valence-electron chi connectivity index (χ0n) is 43.3. The van der Waals surface area contributed by atoms with E-state index in [2.05, 4.69) is 91.2 Å². The van der Waals surface area contributed by atoms with Crippen LogP contribution in [0.25, 0.3) is 0 Å². The Hall–Kier alpha value is -6.29. The molecule has 3 aliphatic heterocycles. The Morgan fingerprint density at radius 2 is 1.58 bits per heavy atom. The average Bonchev–Trinajstić information content (AvgIpc) is 3.93. The summed E-state index contributed by atoms with van der Waals surface area (Å²) in [6.45, 7) is 18.3. The number of fused-ring (bicyclic) bond motifs is 1. The van der Waals surface area contributed by atoms with Gasteiger partial charge in [-0.25, -0.2) is 15.0 Å². The maximum absolute atomic E-state index is 13.5. The van der Waals surface area contributed by atoms with E-state index in [0.717, 1.165) is 96.7 Å². The number of ether oxygens (including phenoxy) is 2. The molecular weight excluding hydrogens is 946 g/mol. The molecule has 0 bridgehead atoms. The highest BCUT2D eigenvalue weighted by molar-refractivity contribution is 6.31. The van der Waals surface area contributed by atoms with Crippen molar-refractivity contribution in [1.29, 1.82) is 5.26 Å². The number of piperazine rings is 1. The molecule has 73 heavy (non-hydrogen) atoms. The zero-order chi connectivity index (χ0) is 51.6. The van der Waals surface area contributed by atoms with Crippen molar-refractivity contribution in [2.45, 2.75) is 104 Å². The van der Waals surface area contributed by atoms with Crippen LogP contribution in [-0.2, 0) is 4.79 Å². The van der Waals surface area contributed by atoms with Gasteiger partial charge in [-0.15, -0.1) is 0 Å². The Morgan fingerprint density at radius 3 is 2.23 bits per heavy atom. The minimum absolute atomic E-state index is 0.0722. The van der Waals surface area contributed by atoms with Gasteiger partial charge in [0.2, 0.25) is 17.8 Å². The van der Waals surface area contributed by atoms with E-state index in [1.54, 1.807) is 68.0 Å². The fraction of sp³-hybridized carbons (Fsp3) is 0.556. The van der Waals surface area contributed by atoms with Gasteiger partial charge in [-0.2, -0.15) is 10.2 Å². The summed E-state index contributed by atoms with van der Waals surface area (Å²) >= 11 is 6.27. The first-order valence-electron chi connectivity index (χ1n) is 25.9. The summed E-state index contributed by atoms with van der Waals surface area (Å²) < 4.78 is 12.1. The molecule has 5 aliphatic rings. The molecule has 2 saturated carbocycles. The van der Waals surface area contributed by atoms with Crippen molar-refractivity contribution in [3.05, 3.63) is 76.7 Å². The monoisotopic (exact) mass is 1020 g/mol. The number of nitrogens with one attached hydrogen (secondary N) is 3. The lowest BCUT2D eigenvalue weighted by Gasteiger charge is -2.63. The van der Waals surface area contributed by atoms with Gasteiger partial charge in [0.25, 0.3) is 11.8 Å². The van der Waals surface area contributed by atoms with Crippen LogP contribution in [0.5, 0.6) is 11.5 Å². The van der Waals surface area contributed by atoms with Crippen LogP contribution in [-0.4, -0.2) is 145 Å². The highest BCUT2D eigenvalue weighted by Crippen LogP contribution is 2.55. The van der Waals surface area contributed by atoms with Crippen molar-refractivity contribution in [2.24, 2.45) is 16.7 Å². The summed E-state index contributed by atoms with van der Waals surface area (Å²) in [4.78, 5) is 70.0. The van der Waals surface area contributed by atoms with Gasteiger partial charge in [-0.3, -0.25) is 19.3 Å². The number of anilines is 5. The first kappa shape index (κ1) is 51.6. The van der Waals surface area contributed by atoms with Crippen molar-refractivity contribution in [1.82, 2.24) is 40.4 Å². The molecule has 2 saturated heterocycles. The predicted molar refractivity (Wildman–Crippen MR) is 282 cm³/mol. The van der Waals surface area contributed by atoms with Crippen molar-refractivity contribution in [3.63, 3.8) is 0 Å². The second-order valence-corrected chi connectivity index (χ2v) is 21.9. The van der Waals surface area contributed by atoms with Gasteiger partial charge < -0.3 is 45.0 Å². The van der Waals surface area contributed by atoms with Crippen LogP contribution in [0.3, 0.4) is 0 Å². The standard InChI is InChI=1S/C54H70ClN13O5/c1-8-42-48(71)64(6)43-32-58-51(62-45(43)68(42)38-11-9-10-12-38)61-41-16-14-35(27-44(41)72-7)46(69)57-19-22-65-23-25-66(26-24-65)33-34-17-20-67(21-18-34)52-59-30-37(31-60-52)47(70)63-49-53(2,3)50(54(49,4)5)73-39-15-13-36(29-56)40(55)28-39/h13-16,27-28,30-32,34,38,42,49-50H,8-12,17-26,33H2,1-7H3,(H,57,69)(H,63,70)(H,58,61,62). The van der Waals surface area contributed by atoms with Crippen LogP contribution < -0.4 is 40.1 Å². The summed E-state index contributed by atoms with van der Waals surface area (Å²) in [5.41, 5.74) is 1.89. The number of methoxy groups -OCH3 is 1. The molecule has 2 aromatic heterocycles. The van der Waals surface area contributed by atoms with Crippen LogP contribution in [0, 0.1) is 28.1 Å². The van der Waals surface area contributed by atoms with Crippen molar-refractivity contribution >= 4 is 58.4 Å². The van der Waals surface area contributed by atoms with Gasteiger partial charge in [-0.1, -0.05) is 59.1 Å². The smallest absolute Gasteiger partial charge is 0.254 e. The molecule has 0 radical (unpaired) electrons.